The molecule has 18 heavy (non-hydrogen) atoms. The van der Waals surface area contributed by atoms with Crippen LogP contribution in [0.2, 0.25) is 0 Å². The molecule has 1 heterocycles. The Morgan fingerprint density at radius 2 is 1.72 bits per heavy atom. The minimum atomic E-state index is 0.174. The van der Waals surface area contributed by atoms with E-state index in [9.17, 15) is 0 Å². The van der Waals surface area contributed by atoms with Gasteiger partial charge >= 0.3 is 58.8 Å². The molecule has 0 spiro atoms. The Hall–Kier alpha value is 0.438. The van der Waals surface area contributed by atoms with Crippen molar-refractivity contribution in [3.8, 4) is 0 Å². The Bertz CT molecular complexity index is 436. The Morgan fingerprint density at radius 3 is 1.89 bits per heavy atom. The summed E-state index contributed by atoms with van der Waals surface area (Å²) < 4.78 is 6.79. The third kappa shape index (κ3) is 2.95. The average Bonchev–Trinajstić information content (AvgIpc) is 3.03. The van der Waals surface area contributed by atoms with Gasteiger partial charge in [0.05, 0.1) is 5.54 Å². The quantitative estimate of drug-likeness (QED) is 0.573. The van der Waals surface area contributed by atoms with Gasteiger partial charge in [-0.05, 0) is 61.6 Å². The van der Waals surface area contributed by atoms with E-state index in [2.05, 4.69) is 28.5 Å². The number of rotatable bonds is 1. The second kappa shape index (κ2) is 5.83. The molecule has 0 N–H and O–H groups in total. The van der Waals surface area contributed by atoms with Gasteiger partial charge < -0.3 is 0 Å². The summed E-state index contributed by atoms with van der Waals surface area (Å²) in [6.45, 7) is 0. The van der Waals surface area contributed by atoms with Crippen molar-refractivity contribution in [3.05, 3.63) is 16.2 Å². The minimum absolute atomic E-state index is 0.174. The maximum absolute atomic E-state index is 5.77. The first kappa shape index (κ1) is 14.8. The summed E-state index contributed by atoms with van der Waals surface area (Å²) in [5.74, 6) is 0.917. The van der Waals surface area contributed by atoms with Crippen LogP contribution in [-0.2, 0) is 33.4 Å². The molecule has 6 heteroatoms. The van der Waals surface area contributed by atoms with Gasteiger partial charge in [-0.1, -0.05) is 0 Å². The van der Waals surface area contributed by atoms with Crippen molar-refractivity contribution in [2.75, 3.05) is 0 Å². The zero-order valence-corrected chi connectivity index (χ0v) is 14.5. The van der Waals surface area contributed by atoms with Crippen LogP contribution >= 0.6 is 23.6 Å². The van der Waals surface area contributed by atoms with Crippen molar-refractivity contribution in [3.63, 3.8) is 0 Å². The molecule has 0 aromatic carbocycles. The maximum atomic E-state index is 5.77. The molecule has 0 atom stereocenters. The van der Waals surface area contributed by atoms with Crippen molar-refractivity contribution in [1.29, 1.82) is 0 Å². The summed E-state index contributed by atoms with van der Waals surface area (Å²) >= 11 is 13.8. The van der Waals surface area contributed by atoms with E-state index in [1.165, 1.54) is 39.8 Å². The summed E-state index contributed by atoms with van der Waals surface area (Å²) in [7, 11) is 4.06. The number of aryl methyl sites for hydroxylation is 2. The summed E-state index contributed by atoms with van der Waals surface area (Å²) in [4.78, 5) is 0. The molecule has 0 aliphatic heterocycles. The van der Waals surface area contributed by atoms with Crippen molar-refractivity contribution < 1.29 is 19.4 Å². The fourth-order valence-corrected chi connectivity index (χ4v) is 3.78. The molecule has 2 bridgehead atoms. The van der Waals surface area contributed by atoms with E-state index in [1.807, 2.05) is 26.5 Å². The fourth-order valence-electron chi connectivity index (χ4n) is 2.96. The molecule has 2 aliphatic carbocycles. The van der Waals surface area contributed by atoms with Gasteiger partial charge in [-0.15, -0.1) is 3.94 Å². The number of aromatic nitrogens is 2. The topological polar surface area (TPSA) is 13.1 Å². The molecule has 0 radical (unpaired) electrons. The van der Waals surface area contributed by atoms with E-state index in [0.717, 1.165) is 5.92 Å². The van der Waals surface area contributed by atoms with Crippen LogP contribution in [0.25, 0.3) is 0 Å². The van der Waals surface area contributed by atoms with Gasteiger partial charge in [-0.3, -0.25) is 0 Å². The molecule has 1 aromatic heterocycles. The van der Waals surface area contributed by atoms with Gasteiger partial charge in [-0.25, -0.2) is 0 Å². The molecule has 3 rings (SSSR count). The van der Waals surface area contributed by atoms with Gasteiger partial charge in [0, 0.05) is 0 Å². The van der Waals surface area contributed by atoms with Gasteiger partial charge in [0.25, 0.3) is 0 Å². The number of halogens is 2. The van der Waals surface area contributed by atoms with Crippen molar-refractivity contribution >= 4 is 23.6 Å². The fraction of sp³-hybridized carbons (Fsp3) is 0.750. The van der Waals surface area contributed by atoms with E-state index in [4.69, 9.17) is 23.6 Å². The second-order valence-electron chi connectivity index (χ2n) is 5.37. The SMILES string of the molecule is ClN(Cl)[C@]12CC[C@@H](CC1)C2.Cn1ccn(C)[c]1=[Pt]. The molecular weight excluding hydrogens is 452 g/mol. The molecule has 0 amide bonds. The van der Waals surface area contributed by atoms with Crippen LogP contribution in [-0.4, -0.2) is 18.6 Å². The molecule has 1 aromatic rings. The number of hydrogen-bond donors (Lipinski definition) is 0. The Labute approximate surface area is 129 Å². The molecule has 2 saturated carbocycles. The zero-order valence-electron chi connectivity index (χ0n) is 10.7. The normalized spacial score (nSPS) is 29.6. The molecule has 0 unspecified atom stereocenters. The van der Waals surface area contributed by atoms with Crippen LogP contribution in [0.1, 0.15) is 32.1 Å². The first-order chi connectivity index (χ1) is 8.44. The van der Waals surface area contributed by atoms with E-state index >= 15 is 0 Å². The van der Waals surface area contributed by atoms with E-state index in [0.29, 0.717) is 0 Å². The zero-order chi connectivity index (χ0) is 13.3. The van der Waals surface area contributed by atoms with E-state index in [1.54, 1.807) is 0 Å². The van der Waals surface area contributed by atoms with E-state index < -0.39 is 0 Å². The van der Waals surface area contributed by atoms with Crippen LogP contribution in [0.5, 0.6) is 0 Å². The third-order valence-electron chi connectivity index (χ3n) is 4.12. The Morgan fingerprint density at radius 1 is 1.22 bits per heavy atom. The number of imidazole rings is 1. The molecular formula is C12H19Cl2N3Pt. The molecule has 0 saturated heterocycles. The van der Waals surface area contributed by atoms with E-state index in [-0.39, 0.29) is 5.54 Å². The predicted octanol–water partition coefficient (Wildman–Crippen LogP) is 3.37. The Balaban J connectivity index is 0.000000138. The summed E-state index contributed by atoms with van der Waals surface area (Å²) in [5, 5.41) is 0. The second-order valence-corrected chi connectivity index (χ2v) is 7.23. The number of fused-ring (bicyclic) bond motifs is 2. The number of nitrogens with zero attached hydrogens (tertiary/aromatic N) is 3. The number of hydrogen-bond acceptors (Lipinski definition) is 1. The molecule has 3 nitrogen and oxygen atoms in total. The van der Waals surface area contributed by atoms with Crippen molar-refractivity contribution in [1.82, 2.24) is 13.1 Å². The van der Waals surface area contributed by atoms with Gasteiger partial charge in [0.15, 0.2) is 0 Å². The van der Waals surface area contributed by atoms with Crippen LogP contribution < -0.4 is 0 Å². The van der Waals surface area contributed by atoms with Gasteiger partial charge in [0.1, 0.15) is 0 Å². The molecule has 106 valence electrons. The van der Waals surface area contributed by atoms with Crippen LogP contribution in [0, 0.1) is 9.72 Å². The average molecular weight is 471 g/mol. The third-order valence-corrected chi connectivity index (χ3v) is 6.44. The first-order valence-electron chi connectivity index (χ1n) is 6.20. The standard InChI is InChI=1S/C7H11Cl2N.C5H8N2.Pt/c8-10(9)7-3-1-6(5-7)2-4-7;1-6-3-4-7(2)5-6;/h6H,1-5H2;3-4H,1-2H3;/t6-,7+;;. The van der Waals surface area contributed by atoms with Crippen LogP contribution in [0.3, 0.4) is 0 Å². The van der Waals surface area contributed by atoms with Gasteiger partial charge in [-0.2, -0.15) is 0 Å². The summed E-state index contributed by atoms with van der Waals surface area (Å²) in [6.07, 6.45) is 10.3. The summed E-state index contributed by atoms with van der Waals surface area (Å²) in [5.41, 5.74) is 0.174. The Kier molecular flexibility index (Phi) is 4.80. The summed E-state index contributed by atoms with van der Waals surface area (Å²) in [6, 6.07) is 0. The van der Waals surface area contributed by atoms with Crippen LogP contribution in [0.15, 0.2) is 12.4 Å². The first-order valence-corrected chi connectivity index (χ1v) is 8.01. The monoisotopic (exact) mass is 470 g/mol. The molecule has 2 fully saturated rings. The molecule has 2 aliphatic rings. The van der Waals surface area contributed by atoms with Gasteiger partial charge in [0.2, 0.25) is 0 Å². The van der Waals surface area contributed by atoms with Crippen molar-refractivity contribution in [2.45, 2.75) is 37.6 Å². The van der Waals surface area contributed by atoms with Crippen molar-refractivity contribution in [2.24, 2.45) is 20.0 Å². The van der Waals surface area contributed by atoms with Crippen LogP contribution in [0.4, 0.5) is 0 Å². The predicted molar refractivity (Wildman–Crippen MR) is 70.5 cm³/mol.